The molecule has 2 rings (SSSR count). The third-order valence-corrected chi connectivity index (χ3v) is 2.72. The van der Waals surface area contributed by atoms with E-state index in [0.29, 0.717) is 6.54 Å². The molecule has 5 nitrogen and oxygen atoms in total. The van der Waals surface area contributed by atoms with E-state index in [1.54, 1.807) is 6.20 Å². The van der Waals surface area contributed by atoms with E-state index in [1.165, 1.54) is 0 Å². The van der Waals surface area contributed by atoms with Crippen molar-refractivity contribution < 1.29 is 0 Å². The molecule has 0 aliphatic heterocycles. The minimum Gasteiger partial charge on any atom is -0.346 e. The van der Waals surface area contributed by atoms with Crippen LogP contribution in [0.5, 0.6) is 0 Å². The summed E-state index contributed by atoms with van der Waals surface area (Å²) >= 11 is 3.40. The van der Waals surface area contributed by atoms with Gasteiger partial charge < -0.3 is 4.98 Å². The molecule has 0 aliphatic carbocycles. The second-order valence-electron chi connectivity index (χ2n) is 3.44. The summed E-state index contributed by atoms with van der Waals surface area (Å²) in [5.41, 5.74) is 10.1. The number of nitrogens with zero attached hydrogens (tertiary/aromatic N) is 4. The highest BCUT2D eigenvalue weighted by Crippen LogP contribution is 2.21. The maximum Gasteiger partial charge on any atom is 0.137 e. The summed E-state index contributed by atoms with van der Waals surface area (Å²) in [7, 11) is 0. The summed E-state index contributed by atoms with van der Waals surface area (Å²) < 4.78 is 0.952. The highest BCUT2D eigenvalue weighted by Gasteiger charge is 2.01. The number of aromatic nitrogens is 2. The maximum atomic E-state index is 8.14. The molecule has 0 unspecified atom stereocenters. The summed E-state index contributed by atoms with van der Waals surface area (Å²) in [5, 5.41) is 4.54. The lowest BCUT2D eigenvalue weighted by molar-refractivity contribution is 0.996. The molecule has 2 heterocycles. The molecule has 2 aromatic rings. The third kappa shape index (κ3) is 2.87. The number of fused-ring (bicyclic) bond motifs is 1. The van der Waals surface area contributed by atoms with E-state index in [0.717, 1.165) is 27.5 Å². The summed E-state index contributed by atoms with van der Waals surface area (Å²) in [4.78, 5) is 10.1. The van der Waals surface area contributed by atoms with E-state index < -0.39 is 0 Å². The average Bonchev–Trinajstić information content (AvgIpc) is 2.72. The Bertz CT molecular complexity index is 595. The number of pyridine rings is 1. The van der Waals surface area contributed by atoms with E-state index in [1.807, 2.05) is 24.4 Å². The zero-order chi connectivity index (χ0) is 12.1. The molecule has 86 valence electrons. The minimum absolute atomic E-state index is 0.483. The van der Waals surface area contributed by atoms with Crippen LogP contribution in [0.3, 0.4) is 0 Å². The van der Waals surface area contributed by atoms with Gasteiger partial charge in [0.2, 0.25) is 0 Å². The molecule has 0 aliphatic rings. The van der Waals surface area contributed by atoms with Crippen LogP contribution in [-0.4, -0.2) is 16.5 Å². The van der Waals surface area contributed by atoms with Crippen LogP contribution in [0, 0.1) is 0 Å². The van der Waals surface area contributed by atoms with Crippen molar-refractivity contribution >= 4 is 33.0 Å². The van der Waals surface area contributed by atoms with Crippen LogP contribution in [0.25, 0.3) is 27.6 Å². The maximum absolute atomic E-state index is 8.14. The first-order valence-corrected chi connectivity index (χ1v) is 5.90. The number of hydrogen-bond donors (Lipinski definition) is 1. The van der Waals surface area contributed by atoms with Crippen LogP contribution in [0.2, 0.25) is 0 Å². The molecule has 0 spiro atoms. The Hall–Kier alpha value is -1.78. The fourth-order valence-electron chi connectivity index (χ4n) is 1.52. The minimum atomic E-state index is 0.483. The summed E-state index contributed by atoms with van der Waals surface area (Å²) in [6.07, 6.45) is 8.39. The van der Waals surface area contributed by atoms with Crippen molar-refractivity contribution in [3.8, 4) is 0 Å². The fourth-order valence-corrected chi connectivity index (χ4v) is 1.85. The van der Waals surface area contributed by atoms with Gasteiger partial charge >= 0.3 is 0 Å². The quantitative estimate of drug-likeness (QED) is 0.392. The molecule has 6 heteroatoms. The van der Waals surface area contributed by atoms with Crippen molar-refractivity contribution in [3.63, 3.8) is 0 Å². The molecule has 2 aromatic heterocycles. The molecule has 0 atom stereocenters. The lowest BCUT2D eigenvalue weighted by atomic mass is 10.2. The Morgan fingerprint density at radius 1 is 1.59 bits per heavy atom. The second kappa shape index (κ2) is 5.52. The van der Waals surface area contributed by atoms with Crippen molar-refractivity contribution in [2.75, 3.05) is 6.54 Å². The van der Waals surface area contributed by atoms with Crippen LogP contribution in [0.4, 0.5) is 0 Å². The van der Waals surface area contributed by atoms with Gasteiger partial charge in [-0.1, -0.05) is 17.3 Å². The molecular weight excluding hydrogens is 282 g/mol. The van der Waals surface area contributed by atoms with Crippen molar-refractivity contribution in [2.24, 2.45) is 5.11 Å². The highest BCUT2D eigenvalue weighted by molar-refractivity contribution is 9.10. The Morgan fingerprint density at radius 3 is 3.29 bits per heavy atom. The number of hydrogen-bond acceptors (Lipinski definition) is 2. The Kier molecular flexibility index (Phi) is 3.80. The summed E-state index contributed by atoms with van der Waals surface area (Å²) in [6.45, 7) is 0.483. The molecular formula is C11H10BrN5. The van der Waals surface area contributed by atoms with Crippen molar-refractivity contribution in [1.82, 2.24) is 9.97 Å². The van der Waals surface area contributed by atoms with Gasteiger partial charge in [-0.15, -0.1) is 0 Å². The summed E-state index contributed by atoms with van der Waals surface area (Å²) in [6, 6.07) is 2.02. The third-order valence-electron chi connectivity index (χ3n) is 2.29. The van der Waals surface area contributed by atoms with E-state index in [9.17, 15) is 0 Å². The Labute approximate surface area is 106 Å². The van der Waals surface area contributed by atoms with Gasteiger partial charge in [0.15, 0.2) is 0 Å². The second-order valence-corrected chi connectivity index (χ2v) is 4.35. The monoisotopic (exact) mass is 291 g/mol. The van der Waals surface area contributed by atoms with E-state index in [2.05, 4.69) is 35.9 Å². The van der Waals surface area contributed by atoms with Crippen molar-refractivity contribution in [2.45, 2.75) is 6.42 Å². The van der Waals surface area contributed by atoms with Crippen LogP contribution >= 0.6 is 15.9 Å². The summed E-state index contributed by atoms with van der Waals surface area (Å²) in [5.74, 6) is 0. The Morgan fingerprint density at radius 2 is 2.47 bits per heavy atom. The number of rotatable bonds is 4. The number of aromatic amines is 1. The fraction of sp³-hybridized carbons (Fsp3) is 0.182. The molecule has 0 saturated carbocycles. The van der Waals surface area contributed by atoms with E-state index in [4.69, 9.17) is 5.53 Å². The zero-order valence-corrected chi connectivity index (χ0v) is 10.6. The molecule has 0 aromatic carbocycles. The smallest absolute Gasteiger partial charge is 0.137 e. The van der Waals surface area contributed by atoms with Crippen LogP contribution < -0.4 is 0 Å². The predicted octanol–water partition coefficient (Wildman–Crippen LogP) is 4.04. The number of azide groups is 1. The van der Waals surface area contributed by atoms with Gasteiger partial charge in [-0.25, -0.2) is 4.98 Å². The van der Waals surface area contributed by atoms with Gasteiger partial charge in [-0.2, -0.15) is 0 Å². The number of nitrogens with one attached hydrogen (secondary N) is 1. The first-order chi connectivity index (χ1) is 8.31. The topological polar surface area (TPSA) is 77.4 Å². The molecule has 17 heavy (non-hydrogen) atoms. The molecule has 0 bridgehead atoms. The lowest BCUT2D eigenvalue weighted by Crippen LogP contribution is -1.76. The van der Waals surface area contributed by atoms with Gasteiger partial charge in [0.25, 0.3) is 0 Å². The predicted molar refractivity (Wildman–Crippen MR) is 71.5 cm³/mol. The lowest BCUT2D eigenvalue weighted by Gasteiger charge is -1.92. The molecule has 0 amide bonds. The van der Waals surface area contributed by atoms with Gasteiger partial charge in [-0.05, 0) is 33.9 Å². The van der Waals surface area contributed by atoms with Gasteiger partial charge in [0.05, 0.1) is 0 Å². The van der Waals surface area contributed by atoms with Crippen LogP contribution in [0.15, 0.2) is 34.1 Å². The van der Waals surface area contributed by atoms with Crippen LogP contribution in [-0.2, 0) is 0 Å². The SMILES string of the molecule is [N-]=[N+]=NCCC=Cc1c[nH]c2ncc(Br)cc12. The first-order valence-electron chi connectivity index (χ1n) is 5.11. The average molecular weight is 292 g/mol. The standard InChI is InChI=1S/C11H10BrN5/c12-9-5-10-8(3-1-2-4-16-17-13)6-14-11(10)15-7-9/h1,3,5-7H,2,4H2,(H,14,15). The van der Waals surface area contributed by atoms with Gasteiger partial charge in [0.1, 0.15) is 5.65 Å². The van der Waals surface area contributed by atoms with Gasteiger partial charge in [-0.3, -0.25) is 0 Å². The molecule has 0 radical (unpaired) electrons. The Balaban J connectivity index is 2.18. The van der Waals surface area contributed by atoms with E-state index in [-0.39, 0.29) is 0 Å². The van der Waals surface area contributed by atoms with E-state index >= 15 is 0 Å². The van der Waals surface area contributed by atoms with Crippen molar-refractivity contribution in [3.05, 3.63) is 45.0 Å². The largest absolute Gasteiger partial charge is 0.346 e. The normalized spacial score (nSPS) is 10.9. The first kappa shape index (κ1) is 11.7. The molecule has 0 fully saturated rings. The zero-order valence-electron chi connectivity index (χ0n) is 8.97. The highest BCUT2D eigenvalue weighted by atomic mass is 79.9. The number of halogens is 1. The number of H-pyrrole nitrogens is 1. The van der Waals surface area contributed by atoms with Crippen molar-refractivity contribution in [1.29, 1.82) is 0 Å². The van der Waals surface area contributed by atoms with Crippen LogP contribution in [0.1, 0.15) is 12.0 Å². The van der Waals surface area contributed by atoms with Gasteiger partial charge in [0, 0.05) is 39.3 Å². The molecule has 1 N–H and O–H groups in total. The molecule has 0 saturated heterocycles.